The maximum Gasteiger partial charge on any atom is 0.311 e. The van der Waals surface area contributed by atoms with Gasteiger partial charge < -0.3 is 29.9 Å². The van der Waals surface area contributed by atoms with Gasteiger partial charge in [-0.15, -0.1) is 0 Å². The Morgan fingerprint density at radius 3 is 2.57 bits per heavy atom. The van der Waals surface area contributed by atoms with Crippen LogP contribution in [0.25, 0.3) is 0 Å². The Bertz CT molecular complexity index is 893. The van der Waals surface area contributed by atoms with Crippen LogP contribution in [0.3, 0.4) is 0 Å². The fourth-order valence-electron chi connectivity index (χ4n) is 3.59. The minimum absolute atomic E-state index is 0.122. The van der Waals surface area contributed by atoms with Crippen LogP contribution in [-0.2, 0) is 11.2 Å². The molecule has 0 bridgehead atoms. The topological polar surface area (TPSA) is 116 Å². The first-order valence-corrected chi connectivity index (χ1v) is 10.3. The van der Waals surface area contributed by atoms with Crippen LogP contribution < -0.4 is 9.47 Å². The van der Waals surface area contributed by atoms with Crippen molar-refractivity contribution < 1.29 is 34.7 Å². The van der Waals surface area contributed by atoms with Gasteiger partial charge in [0.05, 0.1) is 6.10 Å². The normalized spacial score (nSPS) is 17.8. The minimum atomic E-state index is -0.975. The number of benzene rings is 2. The average molecular weight is 416 g/mol. The Morgan fingerprint density at radius 1 is 1.07 bits per heavy atom. The number of phenols is 3. The number of aliphatic hydroxyl groups excluding tert-OH is 1. The molecule has 7 nitrogen and oxygen atoms in total. The van der Waals surface area contributed by atoms with E-state index in [0.29, 0.717) is 16.9 Å². The Labute approximate surface area is 175 Å². The lowest BCUT2D eigenvalue weighted by molar-refractivity contribution is -0.134. The van der Waals surface area contributed by atoms with Crippen molar-refractivity contribution in [2.45, 2.75) is 64.1 Å². The second-order valence-electron chi connectivity index (χ2n) is 7.62. The number of phenolic OH excluding ortho intramolecular Hbond substituents is 3. The first-order chi connectivity index (χ1) is 14.4. The van der Waals surface area contributed by atoms with Crippen LogP contribution in [0.2, 0.25) is 0 Å². The average Bonchev–Trinajstić information content (AvgIpc) is 2.70. The summed E-state index contributed by atoms with van der Waals surface area (Å²) in [6.07, 6.45) is 3.70. The van der Waals surface area contributed by atoms with E-state index in [9.17, 15) is 25.2 Å². The first kappa shape index (κ1) is 21.8. The Balaban J connectivity index is 1.73. The van der Waals surface area contributed by atoms with Crippen molar-refractivity contribution in [2.75, 3.05) is 0 Å². The Kier molecular flexibility index (Phi) is 7.05. The molecule has 2 aromatic rings. The zero-order valence-electron chi connectivity index (χ0n) is 17.0. The fourth-order valence-corrected chi connectivity index (χ4v) is 3.59. The summed E-state index contributed by atoms with van der Waals surface area (Å²) in [5, 5.41) is 39.9. The van der Waals surface area contributed by atoms with E-state index in [-0.39, 0.29) is 41.8 Å². The fraction of sp³-hybridized carbons (Fsp3) is 0.435. The molecule has 0 aromatic heterocycles. The number of fused-ring (bicyclic) bond motifs is 1. The molecular formula is C23H28O7. The third-order valence-corrected chi connectivity index (χ3v) is 5.21. The van der Waals surface area contributed by atoms with Crippen LogP contribution in [-0.4, -0.2) is 32.5 Å². The highest BCUT2D eigenvalue weighted by molar-refractivity contribution is 5.73. The summed E-state index contributed by atoms with van der Waals surface area (Å²) in [5.74, 6) is -0.634. The molecule has 4 N–H and O–H groups in total. The monoisotopic (exact) mass is 416 g/mol. The van der Waals surface area contributed by atoms with Gasteiger partial charge in [-0.2, -0.15) is 0 Å². The van der Waals surface area contributed by atoms with E-state index in [1.165, 1.54) is 30.3 Å². The van der Waals surface area contributed by atoms with Crippen molar-refractivity contribution in [3.63, 3.8) is 0 Å². The van der Waals surface area contributed by atoms with Gasteiger partial charge in [-0.1, -0.05) is 38.7 Å². The molecule has 0 amide bonds. The zero-order chi connectivity index (χ0) is 21.7. The molecule has 2 aromatic carbocycles. The van der Waals surface area contributed by atoms with Gasteiger partial charge in [0.25, 0.3) is 0 Å². The summed E-state index contributed by atoms with van der Waals surface area (Å²) in [6, 6.07) is 6.91. The van der Waals surface area contributed by atoms with Gasteiger partial charge in [-0.3, -0.25) is 4.79 Å². The Hall–Kier alpha value is -2.93. The van der Waals surface area contributed by atoms with Gasteiger partial charge in [0.1, 0.15) is 23.4 Å². The molecule has 0 saturated carbocycles. The lowest BCUT2D eigenvalue weighted by Crippen LogP contribution is -2.30. The van der Waals surface area contributed by atoms with E-state index in [1.807, 2.05) is 0 Å². The molecule has 0 unspecified atom stereocenters. The molecule has 1 aliphatic rings. The molecule has 1 heterocycles. The van der Waals surface area contributed by atoms with Gasteiger partial charge in [0, 0.05) is 30.5 Å². The number of carbonyl (C=O) groups is 1. The van der Waals surface area contributed by atoms with Crippen molar-refractivity contribution in [1.29, 1.82) is 0 Å². The second-order valence-corrected chi connectivity index (χ2v) is 7.62. The number of unbranched alkanes of at least 4 members (excludes halogenated alkanes) is 4. The zero-order valence-corrected chi connectivity index (χ0v) is 17.0. The van der Waals surface area contributed by atoms with Crippen molar-refractivity contribution in [1.82, 2.24) is 0 Å². The maximum atomic E-state index is 12.2. The molecule has 0 fully saturated rings. The van der Waals surface area contributed by atoms with Crippen LogP contribution in [0.4, 0.5) is 0 Å². The summed E-state index contributed by atoms with van der Waals surface area (Å²) in [5.41, 5.74) is 0.969. The summed E-state index contributed by atoms with van der Waals surface area (Å²) in [6.45, 7) is 2.13. The smallest absolute Gasteiger partial charge is 0.311 e. The van der Waals surface area contributed by atoms with Gasteiger partial charge >= 0.3 is 5.97 Å². The van der Waals surface area contributed by atoms with Crippen molar-refractivity contribution in [3.8, 4) is 28.7 Å². The molecule has 1 aliphatic heterocycles. The first-order valence-electron chi connectivity index (χ1n) is 10.3. The third-order valence-electron chi connectivity index (χ3n) is 5.21. The van der Waals surface area contributed by atoms with Crippen LogP contribution >= 0.6 is 0 Å². The SMILES string of the molecule is CCCCCCCC(=O)Oc1cc(O)cc2c1C[C@@H](O)[C@@H](c1ccc(O)c(O)c1)O2. The van der Waals surface area contributed by atoms with E-state index in [2.05, 4.69) is 6.92 Å². The van der Waals surface area contributed by atoms with E-state index in [4.69, 9.17) is 9.47 Å². The summed E-state index contributed by atoms with van der Waals surface area (Å²) >= 11 is 0. The molecule has 2 atom stereocenters. The number of aromatic hydroxyl groups is 3. The van der Waals surface area contributed by atoms with Crippen LogP contribution in [0, 0.1) is 0 Å². The predicted molar refractivity (Wildman–Crippen MR) is 110 cm³/mol. The molecule has 162 valence electrons. The van der Waals surface area contributed by atoms with Crippen LogP contribution in [0.5, 0.6) is 28.7 Å². The van der Waals surface area contributed by atoms with Crippen molar-refractivity contribution in [3.05, 3.63) is 41.5 Å². The highest BCUT2D eigenvalue weighted by Crippen LogP contribution is 2.43. The lowest BCUT2D eigenvalue weighted by Gasteiger charge is -2.32. The summed E-state index contributed by atoms with van der Waals surface area (Å²) in [7, 11) is 0. The van der Waals surface area contributed by atoms with E-state index < -0.39 is 12.2 Å². The Morgan fingerprint density at radius 2 is 1.83 bits per heavy atom. The number of hydrogen-bond acceptors (Lipinski definition) is 7. The molecule has 3 rings (SSSR count). The predicted octanol–water partition coefficient (Wildman–Crippen LogP) is 4.11. The molecular weight excluding hydrogens is 388 g/mol. The highest BCUT2D eigenvalue weighted by Gasteiger charge is 2.33. The lowest BCUT2D eigenvalue weighted by atomic mass is 9.94. The minimum Gasteiger partial charge on any atom is -0.508 e. The molecule has 0 radical (unpaired) electrons. The van der Waals surface area contributed by atoms with E-state index in [1.54, 1.807) is 0 Å². The second kappa shape index (κ2) is 9.71. The van der Waals surface area contributed by atoms with E-state index >= 15 is 0 Å². The van der Waals surface area contributed by atoms with Gasteiger partial charge in [0.2, 0.25) is 0 Å². The third kappa shape index (κ3) is 5.16. The number of aliphatic hydroxyl groups is 1. The number of hydrogen-bond donors (Lipinski definition) is 4. The molecule has 0 aliphatic carbocycles. The van der Waals surface area contributed by atoms with Crippen molar-refractivity contribution in [2.24, 2.45) is 0 Å². The van der Waals surface area contributed by atoms with Crippen LogP contribution in [0.15, 0.2) is 30.3 Å². The van der Waals surface area contributed by atoms with Crippen LogP contribution in [0.1, 0.15) is 62.7 Å². The number of carbonyl (C=O) groups excluding carboxylic acids is 1. The number of ether oxygens (including phenoxy) is 2. The van der Waals surface area contributed by atoms with Gasteiger partial charge in [0.15, 0.2) is 11.5 Å². The maximum absolute atomic E-state index is 12.2. The summed E-state index contributed by atoms with van der Waals surface area (Å²) in [4.78, 5) is 12.2. The number of esters is 1. The highest BCUT2D eigenvalue weighted by atomic mass is 16.5. The largest absolute Gasteiger partial charge is 0.508 e. The molecule has 7 heteroatoms. The summed E-state index contributed by atoms with van der Waals surface area (Å²) < 4.78 is 11.3. The van der Waals surface area contributed by atoms with Crippen molar-refractivity contribution >= 4 is 5.97 Å². The van der Waals surface area contributed by atoms with Gasteiger partial charge in [-0.05, 0) is 24.1 Å². The number of rotatable bonds is 8. The molecule has 30 heavy (non-hydrogen) atoms. The quantitative estimate of drug-likeness (QED) is 0.221. The molecule has 0 spiro atoms. The van der Waals surface area contributed by atoms with Gasteiger partial charge in [-0.25, -0.2) is 0 Å². The molecule has 0 saturated heterocycles. The van der Waals surface area contributed by atoms with E-state index in [0.717, 1.165) is 32.1 Å². The standard InChI is InChI=1S/C23H28O7/c1-2-3-4-5-6-7-22(28)29-20-11-15(24)12-21-16(20)13-19(27)23(30-21)14-8-9-17(25)18(26)10-14/h8-12,19,23-27H,2-7,13H2,1H3/t19-,23-/m1/s1.